The summed E-state index contributed by atoms with van der Waals surface area (Å²) in [4.78, 5) is 12.4. The van der Waals surface area contributed by atoms with E-state index >= 15 is 0 Å². The van der Waals surface area contributed by atoms with E-state index < -0.39 is 0 Å². The van der Waals surface area contributed by atoms with Gasteiger partial charge in [-0.3, -0.25) is 0 Å². The lowest BCUT2D eigenvalue weighted by molar-refractivity contribution is 0.462. The summed E-state index contributed by atoms with van der Waals surface area (Å²) in [6.45, 7) is 4.37. The molecule has 0 aliphatic heterocycles. The maximum atomic E-state index is 4.75. The van der Waals surface area contributed by atoms with Crippen LogP contribution in [-0.4, -0.2) is 21.0 Å². The Bertz CT molecular complexity index is 552. The molecule has 2 heterocycles. The van der Waals surface area contributed by atoms with Crippen molar-refractivity contribution < 1.29 is 0 Å². The van der Waals surface area contributed by atoms with E-state index in [1.165, 1.54) is 37.7 Å². The summed E-state index contributed by atoms with van der Waals surface area (Å²) in [5.74, 6) is 1.38. The van der Waals surface area contributed by atoms with E-state index in [1.54, 1.807) is 0 Å². The number of hydrogen-bond donors (Lipinski definition) is 2. The molecule has 0 spiro atoms. The summed E-state index contributed by atoms with van der Waals surface area (Å²) >= 11 is 0. The maximum Gasteiger partial charge on any atom is 0.156 e. The lowest BCUT2D eigenvalue weighted by Gasteiger charge is -2.23. The second-order valence-electron chi connectivity index (χ2n) is 5.83. The van der Waals surface area contributed by atoms with Crippen molar-refractivity contribution in [1.82, 2.24) is 15.0 Å². The summed E-state index contributed by atoms with van der Waals surface area (Å²) in [6, 6.07) is 0.571. The Kier molecular flexibility index (Phi) is 3.40. The van der Waals surface area contributed by atoms with Crippen LogP contribution in [0.15, 0.2) is 12.4 Å². The molecule has 0 radical (unpaired) electrons. The first-order valence-corrected chi connectivity index (χ1v) is 7.34. The fourth-order valence-corrected chi connectivity index (χ4v) is 2.88. The van der Waals surface area contributed by atoms with Crippen molar-refractivity contribution in [3.05, 3.63) is 18.0 Å². The molecule has 1 aliphatic rings. The van der Waals surface area contributed by atoms with Gasteiger partial charge in [-0.2, -0.15) is 0 Å². The Labute approximate surface area is 114 Å². The minimum absolute atomic E-state index is 0.466. The van der Waals surface area contributed by atoms with Gasteiger partial charge in [0.2, 0.25) is 0 Å². The number of H-pyrrole nitrogens is 1. The normalized spacial score (nSPS) is 17.2. The highest BCUT2D eigenvalue weighted by molar-refractivity contribution is 5.77. The van der Waals surface area contributed by atoms with Crippen LogP contribution in [-0.2, 0) is 0 Å². The second-order valence-corrected chi connectivity index (χ2v) is 5.83. The highest BCUT2D eigenvalue weighted by atomic mass is 15.1. The molecule has 102 valence electrons. The van der Waals surface area contributed by atoms with Gasteiger partial charge in [0.05, 0.1) is 6.20 Å². The van der Waals surface area contributed by atoms with Crippen LogP contribution in [0, 0.1) is 0 Å². The molecule has 1 saturated carbocycles. The van der Waals surface area contributed by atoms with Crippen molar-refractivity contribution in [2.45, 2.75) is 57.9 Å². The van der Waals surface area contributed by atoms with Crippen molar-refractivity contribution in [3.63, 3.8) is 0 Å². The van der Waals surface area contributed by atoms with Crippen molar-refractivity contribution in [1.29, 1.82) is 0 Å². The van der Waals surface area contributed by atoms with Crippen LogP contribution in [0.5, 0.6) is 0 Å². The third-order valence-electron chi connectivity index (χ3n) is 3.99. The van der Waals surface area contributed by atoms with Gasteiger partial charge in [-0.15, -0.1) is 0 Å². The Hall–Kier alpha value is -1.58. The molecule has 0 amide bonds. The molecule has 1 fully saturated rings. The van der Waals surface area contributed by atoms with Crippen LogP contribution >= 0.6 is 0 Å². The van der Waals surface area contributed by atoms with Crippen LogP contribution < -0.4 is 5.32 Å². The largest absolute Gasteiger partial charge is 0.366 e. The van der Waals surface area contributed by atoms with E-state index in [2.05, 4.69) is 29.1 Å². The number of fused-ring (bicyclic) bond motifs is 1. The molecule has 0 saturated heterocycles. The molecule has 19 heavy (non-hydrogen) atoms. The molecule has 4 heteroatoms. The van der Waals surface area contributed by atoms with Crippen LogP contribution in [0.1, 0.15) is 57.4 Å². The van der Waals surface area contributed by atoms with E-state index in [9.17, 15) is 0 Å². The van der Waals surface area contributed by atoms with E-state index in [0.29, 0.717) is 12.0 Å². The van der Waals surface area contributed by atoms with E-state index in [4.69, 9.17) is 4.98 Å². The van der Waals surface area contributed by atoms with Crippen molar-refractivity contribution in [2.24, 2.45) is 0 Å². The zero-order chi connectivity index (χ0) is 13.2. The molecular weight excluding hydrogens is 236 g/mol. The topological polar surface area (TPSA) is 53.6 Å². The summed E-state index contributed by atoms with van der Waals surface area (Å²) in [5, 5.41) is 3.54. The predicted molar refractivity (Wildman–Crippen MR) is 78.5 cm³/mol. The Balaban J connectivity index is 1.85. The molecule has 0 unspecified atom stereocenters. The van der Waals surface area contributed by atoms with Crippen molar-refractivity contribution in [3.8, 4) is 0 Å². The Morgan fingerprint density at radius 3 is 2.79 bits per heavy atom. The summed E-state index contributed by atoms with van der Waals surface area (Å²) in [6.07, 6.45) is 10.4. The summed E-state index contributed by atoms with van der Waals surface area (Å²) < 4.78 is 0. The predicted octanol–water partition coefficient (Wildman–Crippen LogP) is 3.83. The van der Waals surface area contributed by atoms with Gasteiger partial charge in [-0.1, -0.05) is 33.1 Å². The Morgan fingerprint density at radius 2 is 2.05 bits per heavy atom. The van der Waals surface area contributed by atoms with Gasteiger partial charge in [-0.25, -0.2) is 9.97 Å². The van der Waals surface area contributed by atoms with Crippen LogP contribution in [0.3, 0.4) is 0 Å². The number of anilines is 1. The third-order valence-corrected chi connectivity index (χ3v) is 3.99. The lowest BCUT2D eigenvalue weighted by atomic mass is 9.95. The molecule has 2 aromatic rings. The SMILES string of the molecule is CC(C)c1c[nH]c2ncc(NC3CCCCC3)nc12. The monoisotopic (exact) mass is 258 g/mol. The van der Waals surface area contributed by atoms with Gasteiger partial charge in [0, 0.05) is 17.8 Å². The first-order chi connectivity index (χ1) is 9.24. The summed E-state index contributed by atoms with van der Waals surface area (Å²) in [7, 11) is 0. The van der Waals surface area contributed by atoms with Gasteiger partial charge in [0.25, 0.3) is 0 Å². The van der Waals surface area contributed by atoms with E-state index in [1.807, 2.05) is 12.4 Å². The average Bonchev–Trinajstić information content (AvgIpc) is 2.83. The summed E-state index contributed by atoms with van der Waals surface area (Å²) in [5.41, 5.74) is 3.14. The maximum absolute atomic E-state index is 4.75. The molecule has 1 aliphatic carbocycles. The molecular formula is C15H22N4. The van der Waals surface area contributed by atoms with E-state index in [-0.39, 0.29) is 0 Å². The number of nitrogens with one attached hydrogen (secondary N) is 2. The Morgan fingerprint density at radius 1 is 1.26 bits per heavy atom. The van der Waals surface area contributed by atoms with Gasteiger partial charge in [-0.05, 0) is 18.8 Å². The smallest absolute Gasteiger partial charge is 0.156 e. The molecule has 2 N–H and O–H groups in total. The number of nitrogens with zero attached hydrogens (tertiary/aromatic N) is 2. The fourth-order valence-electron chi connectivity index (χ4n) is 2.88. The fraction of sp³-hybridized carbons (Fsp3) is 0.600. The van der Waals surface area contributed by atoms with Crippen molar-refractivity contribution >= 4 is 17.0 Å². The number of aromatic amines is 1. The molecule has 0 atom stereocenters. The highest BCUT2D eigenvalue weighted by Crippen LogP contribution is 2.25. The van der Waals surface area contributed by atoms with Crippen molar-refractivity contribution in [2.75, 3.05) is 5.32 Å². The zero-order valence-electron chi connectivity index (χ0n) is 11.7. The number of rotatable bonds is 3. The average molecular weight is 258 g/mol. The molecule has 2 aromatic heterocycles. The van der Waals surface area contributed by atoms with Gasteiger partial charge >= 0.3 is 0 Å². The van der Waals surface area contributed by atoms with Gasteiger partial charge in [0.1, 0.15) is 11.3 Å². The lowest BCUT2D eigenvalue weighted by Crippen LogP contribution is -2.22. The minimum atomic E-state index is 0.466. The van der Waals surface area contributed by atoms with Crippen LogP contribution in [0.25, 0.3) is 11.2 Å². The second kappa shape index (κ2) is 5.19. The molecule has 0 aromatic carbocycles. The third kappa shape index (κ3) is 2.57. The minimum Gasteiger partial charge on any atom is -0.366 e. The number of aromatic nitrogens is 3. The molecule has 4 nitrogen and oxygen atoms in total. The highest BCUT2D eigenvalue weighted by Gasteiger charge is 2.15. The van der Waals surface area contributed by atoms with E-state index in [0.717, 1.165) is 17.0 Å². The number of hydrogen-bond acceptors (Lipinski definition) is 3. The first-order valence-electron chi connectivity index (χ1n) is 7.34. The first kappa shape index (κ1) is 12.5. The molecule has 3 rings (SSSR count). The van der Waals surface area contributed by atoms with Gasteiger partial charge < -0.3 is 10.3 Å². The van der Waals surface area contributed by atoms with Crippen LogP contribution in [0.4, 0.5) is 5.82 Å². The quantitative estimate of drug-likeness (QED) is 0.879. The molecule has 0 bridgehead atoms. The standard InChI is InChI=1S/C15H22N4/c1-10(2)12-8-16-15-14(12)19-13(9-17-15)18-11-6-4-3-5-7-11/h8-11H,3-7H2,1-2H3,(H,16,17)(H,18,19). The van der Waals surface area contributed by atoms with Gasteiger partial charge in [0.15, 0.2) is 5.65 Å². The van der Waals surface area contributed by atoms with Crippen LogP contribution in [0.2, 0.25) is 0 Å². The zero-order valence-corrected chi connectivity index (χ0v) is 11.7.